The highest BCUT2D eigenvalue weighted by atomic mass is 35.5. The van der Waals surface area contributed by atoms with E-state index in [1.165, 1.54) is 24.3 Å². The van der Waals surface area contributed by atoms with E-state index in [2.05, 4.69) is 15.5 Å². The average Bonchev–Trinajstić information content (AvgIpc) is 3.14. The lowest BCUT2D eigenvalue weighted by Crippen LogP contribution is -2.23. The number of carbonyl (C=O) groups is 2. The fourth-order valence-corrected chi connectivity index (χ4v) is 2.44. The largest absolute Gasteiger partial charge is 0.347 e. The summed E-state index contributed by atoms with van der Waals surface area (Å²) in [5.74, 6) is -0.288. The molecule has 1 aromatic heterocycles. The first kappa shape index (κ1) is 18.7. The number of nitrogens with one attached hydrogen (secondary N) is 1. The van der Waals surface area contributed by atoms with Crippen LogP contribution in [0.5, 0.6) is 0 Å². The topological polar surface area (TPSA) is 85.1 Å². The molecule has 1 amide bonds. The number of amides is 1. The summed E-state index contributed by atoms with van der Waals surface area (Å²) in [5.41, 5.74) is 1.11. The lowest BCUT2D eigenvalue weighted by molar-refractivity contribution is -0.121. The molecule has 0 aliphatic carbocycles. The number of benzene rings is 2. The number of rotatable bonds is 7. The Morgan fingerprint density at radius 2 is 1.74 bits per heavy atom. The predicted octanol–water partition coefficient (Wildman–Crippen LogP) is 3.81. The van der Waals surface area contributed by atoms with Gasteiger partial charge < -0.3 is 9.84 Å². The molecule has 3 rings (SSSR count). The Morgan fingerprint density at radius 3 is 2.44 bits per heavy atom. The maximum atomic E-state index is 12.9. The summed E-state index contributed by atoms with van der Waals surface area (Å²) in [6.07, 6.45) is 0.124. The maximum absolute atomic E-state index is 12.9. The fourth-order valence-electron chi connectivity index (χ4n) is 2.31. The van der Waals surface area contributed by atoms with E-state index in [1.54, 1.807) is 24.3 Å². The van der Waals surface area contributed by atoms with Crippen LogP contribution < -0.4 is 5.32 Å². The van der Waals surface area contributed by atoms with Crippen molar-refractivity contribution in [3.8, 4) is 11.4 Å². The lowest BCUT2D eigenvalue weighted by Gasteiger charge is -2.03. The van der Waals surface area contributed by atoms with Gasteiger partial charge in [-0.15, -0.1) is 0 Å². The van der Waals surface area contributed by atoms with Crippen LogP contribution in [0.3, 0.4) is 0 Å². The first-order valence-corrected chi connectivity index (χ1v) is 8.53. The Balaban J connectivity index is 1.47. The number of hydrogen-bond donors (Lipinski definition) is 1. The van der Waals surface area contributed by atoms with Gasteiger partial charge >= 0.3 is 0 Å². The minimum atomic E-state index is -0.358. The summed E-state index contributed by atoms with van der Waals surface area (Å²) in [5, 5.41) is 6.96. The second-order valence-corrected chi connectivity index (χ2v) is 6.16. The van der Waals surface area contributed by atoms with Crippen molar-refractivity contribution in [1.29, 1.82) is 0 Å². The minimum Gasteiger partial charge on any atom is -0.347 e. The van der Waals surface area contributed by atoms with Crippen molar-refractivity contribution in [2.24, 2.45) is 0 Å². The van der Waals surface area contributed by atoms with E-state index in [0.717, 1.165) is 0 Å². The Bertz CT molecular complexity index is 940. The zero-order valence-electron chi connectivity index (χ0n) is 14.1. The maximum Gasteiger partial charge on any atom is 0.246 e. The van der Waals surface area contributed by atoms with Gasteiger partial charge in [0.2, 0.25) is 17.6 Å². The highest BCUT2D eigenvalue weighted by molar-refractivity contribution is 6.30. The van der Waals surface area contributed by atoms with E-state index in [4.69, 9.17) is 16.1 Å². The summed E-state index contributed by atoms with van der Waals surface area (Å²) < 4.78 is 18.0. The molecule has 0 aliphatic rings. The molecule has 2 aromatic carbocycles. The highest BCUT2D eigenvalue weighted by Crippen LogP contribution is 2.16. The molecule has 1 N–H and O–H groups in total. The Morgan fingerprint density at radius 1 is 1.04 bits per heavy atom. The smallest absolute Gasteiger partial charge is 0.246 e. The number of nitrogens with zero attached hydrogens (tertiary/aromatic N) is 2. The summed E-state index contributed by atoms with van der Waals surface area (Å²) in [6.45, 7) is 0.0438. The third kappa shape index (κ3) is 5.21. The van der Waals surface area contributed by atoms with Crippen LogP contribution in [-0.2, 0) is 11.3 Å². The highest BCUT2D eigenvalue weighted by Gasteiger charge is 2.12. The monoisotopic (exact) mass is 387 g/mol. The molecule has 0 aliphatic heterocycles. The van der Waals surface area contributed by atoms with Crippen LogP contribution in [0.4, 0.5) is 4.39 Å². The van der Waals surface area contributed by atoms with Gasteiger partial charge in [0, 0.05) is 29.0 Å². The molecular weight excluding hydrogens is 373 g/mol. The van der Waals surface area contributed by atoms with E-state index >= 15 is 0 Å². The fraction of sp³-hybridized carbons (Fsp3) is 0.158. The molecule has 3 aromatic rings. The Hall–Kier alpha value is -3.06. The molecule has 6 nitrogen and oxygen atoms in total. The van der Waals surface area contributed by atoms with E-state index in [-0.39, 0.29) is 42.8 Å². The number of ketones is 1. The van der Waals surface area contributed by atoms with Gasteiger partial charge in [-0.25, -0.2) is 4.39 Å². The second-order valence-electron chi connectivity index (χ2n) is 5.73. The van der Waals surface area contributed by atoms with Crippen LogP contribution in [0.25, 0.3) is 11.4 Å². The molecule has 0 saturated carbocycles. The number of aromatic nitrogens is 2. The third-order valence-electron chi connectivity index (χ3n) is 3.75. The minimum absolute atomic E-state index is 0.0421. The normalized spacial score (nSPS) is 10.6. The molecule has 0 atom stereocenters. The number of carbonyl (C=O) groups excluding carboxylic acids is 2. The molecule has 27 heavy (non-hydrogen) atoms. The summed E-state index contributed by atoms with van der Waals surface area (Å²) >= 11 is 5.78. The second kappa shape index (κ2) is 8.55. The van der Waals surface area contributed by atoms with Crippen molar-refractivity contribution < 1.29 is 18.5 Å². The van der Waals surface area contributed by atoms with Crippen LogP contribution in [0.2, 0.25) is 5.02 Å². The molecular formula is C19H15ClFN3O3. The molecule has 0 radical (unpaired) electrons. The van der Waals surface area contributed by atoms with E-state index in [1.807, 2.05) is 0 Å². The van der Waals surface area contributed by atoms with E-state index in [0.29, 0.717) is 22.0 Å². The Labute approximate surface area is 159 Å². The van der Waals surface area contributed by atoms with Crippen molar-refractivity contribution in [3.05, 3.63) is 70.8 Å². The molecule has 0 bridgehead atoms. The van der Waals surface area contributed by atoms with Crippen molar-refractivity contribution >= 4 is 23.3 Å². The van der Waals surface area contributed by atoms with Gasteiger partial charge in [-0.05, 0) is 48.5 Å². The summed E-state index contributed by atoms with van der Waals surface area (Å²) in [7, 11) is 0. The van der Waals surface area contributed by atoms with Crippen molar-refractivity contribution in [2.45, 2.75) is 19.4 Å². The quantitative estimate of drug-likeness (QED) is 0.623. The third-order valence-corrected chi connectivity index (χ3v) is 4.00. The Kier molecular flexibility index (Phi) is 5.93. The van der Waals surface area contributed by atoms with Gasteiger partial charge in [-0.2, -0.15) is 4.98 Å². The van der Waals surface area contributed by atoms with Gasteiger partial charge in [0.1, 0.15) is 5.82 Å². The molecule has 138 valence electrons. The van der Waals surface area contributed by atoms with E-state index in [9.17, 15) is 14.0 Å². The standard InChI is InChI=1S/C19H15ClFN3O3/c20-14-5-1-12(2-6-14)16(25)9-10-17(26)22-11-18-23-19(24-27-18)13-3-7-15(21)8-4-13/h1-8H,9-11H2,(H,22,26). The molecule has 8 heteroatoms. The first-order chi connectivity index (χ1) is 13.0. The summed E-state index contributed by atoms with van der Waals surface area (Å²) in [6, 6.07) is 12.2. The SMILES string of the molecule is O=C(CCC(=O)c1ccc(Cl)cc1)NCc1nc(-c2ccc(F)cc2)no1. The number of halogens is 2. The number of hydrogen-bond acceptors (Lipinski definition) is 5. The van der Waals surface area contributed by atoms with Crippen LogP contribution in [0.15, 0.2) is 53.1 Å². The average molecular weight is 388 g/mol. The van der Waals surface area contributed by atoms with Crippen LogP contribution >= 0.6 is 11.6 Å². The zero-order chi connectivity index (χ0) is 19.2. The first-order valence-electron chi connectivity index (χ1n) is 8.15. The van der Waals surface area contributed by atoms with Crippen LogP contribution in [0.1, 0.15) is 29.1 Å². The van der Waals surface area contributed by atoms with Crippen LogP contribution in [0, 0.1) is 5.82 Å². The molecule has 0 saturated heterocycles. The molecule has 0 unspecified atom stereocenters. The number of Topliss-reactive ketones (excluding diaryl/α,β-unsaturated/α-hetero) is 1. The van der Waals surface area contributed by atoms with Crippen molar-refractivity contribution in [2.75, 3.05) is 0 Å². The van der Waals surface area contributed by atoms with Gasteiger partial charge in [-0.1, -0.05) is 16.8 Å². The van der Waals surface area contributed by atoms with Crippen LogP contribution in [-0.4, -0.2) is 21.8 Å². The van der Waals surface area contributed by atoms with E-state index < -0.39 is 0 Å². The van der Waals surface area contributed by atoms with Gasteiger partial charge in [0.05, 0.1) is 6.54 Å². The van der Waals surface area contributed by atoms with Crippen molar-refractivity contribution in [1.82, 2.24) is 15.5 Å². The van der Waals surface area contributed by atoms with Gasteiger partial charge in [-0.3, -0.25) is 9.59 Å². The lowest BCUT2D eigenvalue weighted by atomic mass is 10.1. The molecule has 1 heterocycles. The summed E-state index contributed by atoms with van der Waals surface area (Å²) in [4.78, 5) is 28.1. The zero-order valence-corrected chi connectivity index (χ0v) is 14.9. The van der Waals surface area contributed by atoms with Gasteiger partial charge in [0.25, 0.3) is 0 Å². The predicted molar refractivity (Wildman–Crippen MR) is 96.6 cm³/mol. The molecule has 0 fully saturated rings. The molecule has 0 spiro atoms. The van der Waals surface area contributed by atoms with Crippen molar-refractivity contribution in [3.63, 3.8) is 0 Å². The van der Waals surface area contributed by atoms with Gasteiger partial charge in [0.15, 0.2) is 5.78 Å².